The highest BCUT2D eigenvalue weighted by atomic mass is 19.4. The highest BCUT2D eigenvalue weighted by Crippen LogP contribution is 2.26. The van der Waals surface area contributed by atoms with E-state index in [9.17, 15) is 18.0 Å². The largest absolute Gasteiger partial charge is 0.435 e. The second-order valence-corrected chi connectivity index (χ2v) is 6.31. The summed E-state index contributed by atoms with van der Waals surface area (Å²) in [5.41, 5.74) is -1.54. The first kappa shape index (κ1) is 17.6. The van der Waals surface area contributed by atoms with Crippen molar-refractivity contribution < 1.29 is 13.2 Å². The lowest BCUT2D eigenvalue weighted by Gasteiger charge is -2.31. The van der Waals surface area contributed by atoms with E-state index in [-0.39, 0.29) is 12.5 Å². The predicted molar refractivity (Wildman–Crippen MR) is 82.5 cm³/mol. The van der Waals surface area contributed by atoms with Crippen LogP contribution < -0.4 is 5.56 Å². The van der Waals surface area contributed by atoms with Gasteiger partial charge in [-0.1, -0.05) is 0 Å². The number of hydrogen-bond acceptors (Lipinski definition) is 5. The van der Waals surface area contributed by atoms with E-state index in [0.29, 0.717) is 6.54 Å². The number of aromatic nitrogens is 5. The van der Waals surface area contributed by atoms with Crippen LogP contribution in [0.2, 0.25) is 0 Å². The summed E-state index contributed by atoms with van der Waals surface area (Å²) < 4.78 is 41.0. The number of hydrogen-bond donors (Lipinski definition) is 0. The lowest BCUT2D eigenvalue weighted by Crippen LogP contribution is -2.37. The van der Waals surface area contributed by atoms with Crippen LogP contribution in [0.25, 0.3) is 0 Å². The highest BCUT2D eigenvalue weighted by molar-refractivity contribution is 5.04. The van der Waals surface area contributed by atoms with Gasteiger partial charge in [0, 0.05) is 19.7 Å². The van der Waals surface area contributed by atoms with E-state index in [1.165, 1.54) is 0 Å². The molecule has 2 aromatic rings. The van der Waals surface area contributed by atoms with E-state index in [0.717, 1.165) is 48.6 Å². The molecule has 1 aliphatic heterocycles. The molecule has 136 valence electrons. The van der Waals surface area contributed by atoms with Crippen molar-refractivity contribution in [2.45, 2.75) is 32.1 Å². The first-order valence-corrected chi connectivity index (χ1v) is 8.03. The molecule has 1 aliphatic rings. The van der Waals surface area contributed by atoms with E-state index in [2.05, 4.69) is 20.2 Å². The summed E-state index contributed by atoms with van der Waals surface area (Å²) in [6, 6.07) is 1.65. The minimum Gasteiger partial charge on any atom is -0.320 e. The van der Waals surface area contributed by atoms with Crippen LogP contribution in [0.3, 0.4) is 0 Å². The van der Waals surface area contributed by atoms with E-state index in [4.69, 9.17) is 0 Å². The average molecular weight is 356 g/mol. The molecule has 0 unspecified atom stereocenters. The second kappa shape index (κ2) is 6.95. The van der Waals surface area contributed by atoms with Crippen molar-refractivity contribution in [3.63, 3.8) is 0 Å². The molecule has 0 saturated carbocycles. The Morgan fingerprint density at radius 3 is 2.56 bits per heavy atom. The Morgan fingerprint density at radius 1 is 1.24 bits per heavy atom. The molecule has 0 radical (unpaired) electrons. The minimum absolute atomic E-state index is 0.129. The van der Waals surface area contributed by atoms with E-state index < -0.39 is 17.4 Å². The van der Waals surface area contributed by atoms with Gasteiger partial charge >= 0.3 is 6.18 Å². The van der Waals surface area contributed by atoms with Crippen LogP contribution in [0.15, 0.2) is 23.3 Å². The van der Waals surface area contributed by atoms with Crippen molar-refractivity contribution in [2.75, 3.05) is 13.1 Å². The van der Waals surface area contributed by atoms with Crippen LogP contribution in [-0.4, -0.2) is 42.5 Å². The third-order valence-corrected chi connectivity index (χ3v) is 4.47. The van der Waals surface area contributed by atoms with Gasteiger partial charge in [-0.2, -0.15) is 18.3 Å². The zero-order valence-electron chi connectivity index (χ0n) is 13.8. The molecule has 0 bridgehead atoms. The molecule has 0 amide bonds. The van der Waals surface area contributed by atoms with Gasteiger partial charge in [-0.15, -0.1) is 10.2 Å². The summed E-state index contributed by atoms with van der Waals surface area (Å²) in [7, 11) is 1.88. The van der Waals surface area contributed by atoms with Gasteiger partial charge in [-0.05, 0) is 37.9 Å². The van der Waals surface area contributed by atoms with E-state index in [1.54, 1.807) is 6.33 Å². The van der Waals surface area contributed by atoms with Crippen molar-refractivity contribution in [2.24, 2.45) is 13.0 Å². The fraction of sp³-hybridized carbons (Fsp3) is 0.600. The highest BCUT2D eigenvalue weighted by Gasteiger charge is 2.33. The fourth-order valence-electron chi connectivity index (χ4n) is 2.95. The number of aryl methyl sites for hydroxylation is 1. The molecule has 0 aromatic carbocycles. The molecule has 7 nitrogen and oxygen atoms in total. The van der Waals surface area contributed by atoms with Gasteiger partial charge in [0.05, 0.1) is 6.54 Å². The molecule has 0 N–H and O–H groups in total. The van der Waals surface area contributed by atoms with Gasteiger partial charge in [0.25, 0.3) is 5.56 Å². The Morgan fingerprint density at radius 2 is 1.96 bits per heavy atom. The Bertz CT molecular complexity index is 776. The monoisotopic (exact) mass is 356 g/mol. The maximum absolute atomic E-state index is 12.7. The molecule has 1 saturated heterocycles. The first-order valence-electron chi connectivity index (χ1n) is 8.03. The molecule has 3 heterocycles. The summed E-state index contributed by atoms with van der Waals surface area (Å²) in [5, 5.41) is 11.4. The lowest BCUT2D eigenvalue weighted by atomic mass is 9.97. The molecule has 3 rings (SSSR count). The Hall–Kier alpha value is -2.23. The molecular formula is C15H19F3N6O. The summed E-state index contributed by atoms with van der Waals surface area (Å²) in [4.78, 5) is 14.0. The van der Waals surface area contributed by atoms with Crippen molar-refractivity contribution in [3.8, 4) is 0 Å². The Kier molecular flexibility index (Phi) is 4.89. The van der Waals surface area contributed by atoms with Gasteiger partial charge in [0.15, 0.2) is 5.69 Å². The van der Waals surface area contributed by atoms with Crippen molar-refractivity contribution in [3.05, 3.63) is 40.3 Å². The normalized spacial score (nSPS) is 17.1. The van der Waals surface area contributed by atoms with E-state index >= 15 is 0 Å². The van der Waals surface area contributed by atoms with Crippen molar-refractivity contribution in [1.82, 2.24) is 29.4 Å². The predicted octanol–water partition coefficient (Wildman–Crippen LogP) is 1.30. The molecule has 0 atom stereocenters. The standard InChI is InChI=1S/C15H19F3N6O/c1-22-10-19-20-13(22)9-23-6-4-11(5-7-23)8-24-14(25)3-2-12(21-24)15(16,17)18/h2-3,10-11H,4-9H2,1H3. The molecule has 2 aromatic heterocycles. The minimum atomic E-state index is -4.55. The van der Waals surface area contributed by atoms with Crippen LogP contribution in [0.4, 0.5) is 13.2 Å². The molecular weight excluding hydrogens is 337 g/mol. The summed E-state index contributed by atoms with van der Waals surface area (Å²) in [5.74, 6) is 0.999. The molecule has 10 heteroatoms. The number of nitrogens with zero attached hydrogens (tertiary/aromatic N) is 6. The van der Waals surface area contributed by atoms with Crippen LogP contribution in [0.5, 0.6) is 0 Å². The molecule has 1 fully saturated rings. The Labute approximate surface area is 142 Å². The summed E-state index contributed by atoms with van der Waals surface area (Å²) in [6.45, 7) is 2.49. The van der Waals surface area contributed by atoms with Crippen LogP contribution in [0.1, 0.15) is 24.4 Å². The van der Waals surface area contributed by atoms with E-state index in [1.807, 2.05) is 11.6 Å². The second-order valence-electron chi connectivity index (χ2n) is 6.31. The fourth-order valence-corrected chi connectivity index (χ4v) is 2.95. The van der Waals surface area contributed by atoms with Crippen molar-refractivity contribution in [1.29, 1.82) is 0 Å². The third-order valence-electron chi connectivity index (χ3n) is 4.47. The number of piperidine rings is 1. The zero-order chi connectivity index (χ0) is 18.0. The number of halogens is 3. The van der Waals surface area contributed by atoms with Crippen molar-refractivity contribution >= 4 is 0 Å². The van der Waals surface area contributed by atoms with Gasteiger partial charge in [0.1, 0.15) is 12.2 Å². The first-order chi connectivity index (χ1) is 11.8. The molecule has 0 aliphatic carbocycles. The van der Waals surface area contributed by atoms with Crippen LogP contribution >= 0.6 is 0 Å². The van der Waals surface area contributed by atoms with Crippen LogP contribution in [0, 0.1) is 5.92 Å². The number of alkyl halides is 3. The number of likely N-dealkylation sites (tertiary alicyclic amines) is 1. The molecule has 25 heavy (non-hydrogen) atoms. The Balaban J connectivity index is 1.59. The lowest BCUT2D eigenvalue weighted by molar-refractivity contribution is -0.142. The average Bonchev–Trinajstić information content (AvgIpc) is 2.95. The third kappa shape index (κ3) is 4.25. The maximum Gasteiger partial charge on any atom is 0.435 e. The van der Waals surface area contributed by atoms with Gasteiger partial charge in [0.2, 0.25) is 0 Å². The van der Waals surface area contributed by atoms with Crippen LogP contribution in [-0.2, 0) is 26.3 Å². The maximum atomic E-state index is 12.7. The smallest absolute Gasteiger partial charge is 0.320 e. The SMILES string of the molecule is Cn1cnnc1CN1CCC(Cn2nc(C(F)(F)F)ccc2=O)CC1. The van der Waals surface area contributed by atoms with Gasteiger partial charge in [-0.3, -0.25) is 9.69 Å². The quantitative estimate of drug-likeness (QED) is 0.826. The summed E-state index contributed by atoms with van der Waals surface area (Å²) in [6.07, 6.45) is -1.31. The van der Waals surface area contributed by atoms with Gasteiger partial charge in [-0.25, -0.2) is 4.68 Å². The summed E-state index contributed by atoms with van der Waals surface area (Å²) >= 11 is 0. The topological polar surface area (TPSA) is 68.8 Å². The zero-order valence-corrected chi connectivity index (χ0v) is 13.8. The van der Waals surface area contributed by atoms with Gasteiger partial charge < -0.3 is 4.57 Å². The number of rotatable bonds is 4. The molecule has 0 spiro atoms.